The van der Waals surface area contributed by atoms with E-state index < -0.39 is 11.2 Å². The number of rotatable bonds is 5. The largest absolute Gasteiger partial charge is 0.616 e. The topological polar surface area (TPSA) is 81.6 Å². The zero-order valence-corrected chi connectivity index (χ0v) is 19.2. The van der Waals surface area contributed by atoms with Crippen molar-refractivity contribution in [1.82, 2.24) is 14.9 Å². The normalized spacial score (nSPS) is 16.5. The molecule has 2 aromatic carbocycles. The number of hydrogen-bond donors (Lipinski definition) is 0. The van der Waals surface area contributed by atoms with Gasteiger partial charge in [0.25, 0.3) is 5.91 Å². The van der Waals surface area contributed by atoms with Crippen molar-refractivity contribution in [2.45, 2.75) is 17.9 Å². The van der Waals surface area contributed by atoms with Crippen molar-refractivity contribution in [1.29, 1.82) is 0 Å². The van der Waals surface area contributed by atoms with Crippen molar-refractivity contribution < 1.29 is 18.5 Å². The van der Waals surface area contributed by atoms with Gasteiger partial charge in [0.05, 0.1) is 5.56 Å². The summed E-state index contributed by atoms with van der Waals surface area (Å²) >= 11 is -1.04. The summed E-state index contributed by atoms with van der Waals surface area (Å²) in [5, 5.41) is 0. The molecule has 0 aliphatic carbocycles. The number of fused-ring (bicyclic) bond motifs is 2. The van der Waals surface area contributed by atoms with Gasteiger partial charge in [-0.05, 0) is 41.4 Å². The van der Waals surface area contributed by atoms with Gasteiger partial charge in [-0.25, -0.2) is 14.4 Å². The van der Waals surface area contributed by atoms with E-state index in [-0.39, 0.29) is 18.3 Å². The molecule has 2 aliphatic rings. The van der Waals surface area contributed by atoms with Crippen molar-refractivity contribution in [2.24, 2.45) is 0 Å². The van der Waals surface area contributed by atoms with Gasteiger partial charge in [-0.2, -0.15) is 0 Å². The molecule has 2 aliphatic heterocycles. The minimum absolute atomic E-state index is 0.0443. The molecule has 5 rings (SSSR count). The number of benzene rings is 2. The van der Waals surface area contributed by atoms with Crippen LogP contribution in [0.4, 0.5) is 15.9 Å². The molecule has 0 saturated heterocycles. The van der Waals surface area contributed by atoms with Crippen LogP contribution in [0.15, 0.2) is 42.5 Å². The summed E-state index contributed by atoms with van der Waals surface area (Å²) in [6.45, 7) is 0.658. The van der Waals surface area contributed by atoms with E-state index in [2.05, 4.69) is 9.88 Å². The summed E-state index contributed by atoms with van der Waals surface area (Å²) in [5.74, 6) is 1.99. The smallest absolute Gasteiger partial charge is 0.259 e. The molecule has 1 amide bonds. The Balaban J connectivity index is 1.53. The van der Waals surface area contributed by atoms with Crippen LogP contribution in [-0.2, 0) is 33.9 Å². The molecule has 0 bridgehead atoms. The maximum absolute atomic E-state index is 13.9. The van der Waals surface area contributed by atoms with Crippen LogP contribution >= 0.6 is 0 Å². The fraction of sp³-hybridized carbons (Fsp3) is 0.292. The molecule has 7 nitrogen and oxygen atoms in total. The standard InChI is InChI=1S/C24H23FN4O3S/c1-28(2)22(30)12-32-18-7-6-15-8-9-29(21(15)11-18)24-19-13-33(31)14-20(19)26-23(27-24)16-4-3-5-17(25)10-16/h3-7,10-11H,8-9,12-14H2,1-2H3. The average molecular weight is 467 g/mol. The molecule has 3 heterocycles. The lowest BCUT2D eigenvalue weighted by molar-refractivity contribution is -0.130. The molecule has 3 aromatic rings. The highest BCUT2D eigenvalue weighted by molar-refractivity contribution is 7.90. The number of carbonyl (C=O) groups excluding carboxylic acids is 1. The first-order valence-corrected chi connectivity index (χ1v) is 12.1. The molecule has 9 heteroatoms. The van der Waals surface area contributed by atoms with Crippen molar-refractivity contribution in [3.63, 3.8) is 0 Å². The molecule has 1 aromatic heterocycles. The number of ether oxygens (including phenoxy) is 1. The Morgan fingerprint density at radius 2 is 2.06 bits per heavy atom. The second-order valence-corrected chi connectivity index (χ2v) is 9.76. The van der Waals surface area contributed by atoms with Crippen LogP contribution < -0.4 is 9.64 Å². The fourth-order valence-corrected chi connectivity index (χ4v) is 5.34. The van der Waals surface area contributed by atoms with Crippen LogP contribution in [0, 0.1) is 5.82 Å². The Bertz CT molecular complexity index is 1240. The fourth-order valence-electron chi connectivity index (χ4n) is 4.07. The second kappa shape index (κ2) is 8.64. The molecule has 1 unspecified atom stereocenters. The third kappa shape index (κ3) is 4.26. The molecule has 33 heavy (non-hydrogen) atoms. The number of hydrogen-bond acceptors (Lipinski definition) is 6. The third-order valence-corrected chi connectivity index (χ3v) is 7.03. The van der Waals surface area contributed by atoms with Gasteiger partial charge in [0, 0.05) is 38.0 Å². The summed E-state index contributed by atoms with van der Waals surface area (Å²) in [7, 11) is 3.37. The average Bonchev–Trinajstić information content (AvgIpc) is 3.38. The third-order valence-electron chi connectivity index (χ3n) is 5.83. The summed E-state index contributed by atoms with van der Waals surface area (Å²) < 4.78 is 32.0. The molecule has 0 radical (unpaired) electrons. The van der Waals surface area contributed by atoms with E-state index in [9.17, 15) is 13.7 Å². The van der Waals surface area contributed by atoms with Crippen LogP contribution in [0.3, 0.4) is 0 Å². The van der Waals surface area contributed by atoms with Crippen LogP contribution in [0.2, 0.25) is 0 Å². The number of amides is 1. The van der Waals surface area contributed by atoms with Crippen LogP contribution in [-0.4, -0.2) is 52.6 Å². The minimum Gasteiger partial charge on any atom is -0.616 e. The molecular weight excluding hydrogens is 443 g/mol. The van der Waals surface area contributed by atoms with E-state index in [1.165, 1.54) is 17.0 Å². The zero-order chi connectivity index (χ0) is 23.1. The highest BCUT2D eigenvalue weighted by Gasteiger charge is 2.33. The van der Waals surface area contributed by atoms with Crippen LogP contribution in [0.25, 0.3) is 11.4 Å². The first-order valence-electron chi connectivity index (χ1n) is 10.6. The number of halogens is 1. The summed E-state index contributed by atoms with van der Waals surface area (Å²) in [6.07, 6.45) is 0.823. The van der Waals surface area contributed by atoms with Gasteiger partial charge in [-0.15, -0.1) is 0 Å². The van der Waals surface area contributed by atoms with Gasteiger partial charge in [0.1, 0.15) is 34.6 Å². The Labute approximate surface area is 194 Å². The highest BCUT2D eigenvalue weighted by atomic mass is 32.2. The van der Waals surface area contributed by atoms with E-state index >= 15 is 0 Å². The summed E-state index contributed by atoms with van der Waals surface area (Å²) in [4.78, 5) is 24.9. The first-order chi connectivity index (χ1) is 15.9. The molecule has 1 atom stereocenters. The van der Waals surface area contributed by atoms with Crippen molar-refractivity contribution in [3.05, 3.63) is 65.1 Å². The molecule has 0 N–H and O–H groups in total. The Morgan fingerprint density at radius 3 is 2.85 bits per heavy atom. The van der Waals surface area contributed by atoms with E-state index in [4.69, 9.17) is 9.72 Å². The van der Waals surface area contributed by atoms with Gasteiger partial charge in [0.2, 0.25) is 0 Å². The molecular formula is C24H23FN4O3S. The quantitative estimate of drug-likeness (QED) is 0.537. The Kier molecular flexibility index (Phi) is 5.67. The minimum atomic E-state index is -1.04. The van der Waals surface area contributed by atoms with Crippen LogP contribution in [0.1, 0.15) is 16.8 Å². The predicted octanol–water partition coefficient (Wildman–Crippen LogP) is 3.21. The second-order valence-electron chi connectivity index (χ2n) is 8.30. The molecule has 0 fully saturated rings. The van der Waals surface area contributed by atoms with Crippen LogP contribution in [0.5, 0.6) is 5.75 Å². The van der Waals surface area contributed by atoms with Gasteiger partial charge in [0.15, 0.2) is 12.4 Å². The number of nitrogens with zero attached hydrogens (tertiary/aromatic N) is 4. The first kappa shape index (κ1) is 21.7. The zero-order valence-electron chi connectivity index (χ0n) is 18.4. The van der Waals surface area contributed by atoms with Gasteiger partial charge in [-0.3, -0.25) is 4.79 Å². The lowest BCUT2D eigenvalue weighted by atomic mass is 10.1. The van der Waals surface area contributed by atoms with Crippen molar-refractivity contribution >= 4 is 28.6 Å². The van der Waals surface area contributed by atoms with Gasteiger partial charge < -0.3 is 19.1 Å². The van der Waals surface area contributed by atoms with Crippen molar-refractivity contribution in [3.8, 4) is 17.1 Å². The molecule has 170 valence electrons. The van der Waals surface area contributed by atoms with E-state index in [0.29, 0.717) is 41.0 Å². The van der Waals surface area contributed by atoms with Gasteiger partial charge in [-0.1, -0.05) is 18.2 Å². The molecule has 0 saturated carbocycles. The predicted molar refractivity (Wildman–Crippen MR) is 124 cm³/mol. The lowest BCUT2D eigenvalue weighted by Gasteiger charge is -2.22. The van der Waals surface area contributed by atoms with Crippen molar-refractivity contribution in [2.75, 3.05) is 32.1 Å². The SMILES string of the molecule is CN(C)C(=O)COc1ccc2c(c1)N(c1nc(-c3cccc(F)c3)nc3c1C[S+]([O-])C3)CC2. The number of aromatic nitrogens is 2. The number of carbonyl (C=O) groups is 1. The van der Waals surface area contributed by atoms with Gasteiger partial charge >= 0.3 is 0 Å². The van der Waals surface area contributed by atoms with E-state index in [0.717, 1.165) is 28.9 Å². The van der Waals surface area contributed by atoms with E-state index in [1.54, 1.807) is 26.2 Å². The monoisotopic (exact) mass is 466 g/mol. The summed E-state index contributed by atoms with van der Waals surface area (Å²) in [5.41, 5.74) is 4.27. The highest BCUT2D eigenvalue weighted by Crippen LogP contribution is 2.41. The Morgan fingerprint density at radius 1 is 1.21 bits per heavy atom. The summed E-state index contributed by atoms with van der Waals surface area (Å²) in [6, 6.07) is 12.0. The lowest BCUT2D eigenvalue weighted by Crippen LogP contribution is -2.27. The maximum atomic E-state index is 13.9. The molecule has 0 spiro atoms. The number of anilines is 2. The maximum Gasteiger partial charge on any atom is 0.259 e. The van der Waals surface area contributed by atoms with E-state index in [1.807, 2.05) is 18.2 Å². The number of likely N-dealkylation sites (N-methyl/N-ethyl adjacent to an activating group) is 1. The Hall–Kier alpha value is -3.17.